The molecule has 0 aliphatic heterocycles. The van der Waals surface area contributed by atoms with E-state index >= 15 is 0 Å². The molecule has 1 atom stereocenters. The van der Waals surface area contributed by atoms with Crippen molar-refractivity contribution >= 4 is 15.8 Å². The molecule has 17 heavy (non-hydrogen) atoms. The van der Waals surface area contributed by atoms with Crippen molar-refractivity contribution in [1.82, 2.24) is 9.97 Å². The van der Waals surface area contributed by atoms with Crippen LogP contribution >= 0.6 is 0 Å². The Labute approximate surface area is 98.7 Å². The lowest BCUT2D eigenvalue weighted by Gasteiger charge is -2.11. The molecule has 0 fully saturated rings. The second-order valence-electron chi connectivity index (χ2n) is 3.23. The van der Waals surface area contributed by atoms with Gasteiger partial charge in [0, 0.05) is 18.5 Å². The molecule has 0 aromatic carbocycles. The molecular weight excluding hydrogens is 248 g/mol. The molecule has 7 nitrogen and oxygen atoms in total. The van der Waals surface area contributed by atoms with Gasteiger partial charge in [-0.05, 0) is 6.92 Å². The van der Waals surface area contributed by atoms with Crippen LogP contribution in [0.25, 0.3) is 0 Å². The first kappa shape index (κ1) is 13.4. The molecule has 0 aliphatic rings. The Hall–Kier alpha value is -1.70. The second-order valence-corrected chi connectivity index (χ2v) is 5.14. The summed E-state index contributed by atoms with van der Waals surface area (Å²) < 4.78 is 31.9. The molecule has 0 saturated heterocycles. The SMILES string of the molecule is COC(=O)C(C)Oc1ccnc(S(C)(=O)=O)n1. The van der Waals surface area contributed by atoms with E-state index in [4.69, 9.17) is 4.74 Å². The van der Waals surface area contributed by atoms with Crippen LogP contribution in [-0.2, 0) is 19.4 Å². The van der Waals surface area contributed by atoms with Crippen LogP contribution in [0, 0.1) is 0 Å². The fourth-order valence-electron chi connectivity index (χ4n) is 0.965. The van der Waals surface area contributed by atoms with Crippen molar-refractivity contribution in [1.29, 1.82) is 0 Å². The van der Waals surface area contributed by atoms with Crippen LogP contribution in [0.15, 0.2) is 17.4 Å². The topological polar surface area (TPSA) is 95.5 Å². The van der Waals surface area contributed by atoms with E-state index in [1.54, 1.807) is 0 Å². The van der Waals surface area contributed by atoms with Crippen LogP contribution < -0.4 is 4.74 Å². The number of ether oxygens (including phenoxy) is 2. The summed E-state index contributed by atoms with van der Waals surface area (Å²) in [6, 6.07) is 1.36. The zero-order valence-corrected chi connectivity index (χ0v) is 10.4. The first-order valence-corrected chi connectivity index (χ1v) is 6.51. The molecule has 0 bridgehead atoms. The first-order chi connectivity index (χ1) is 7.84. The van der Waals surface area contributed by atoms with Crippen molar-refractivity contribution in [2.45, 2.75) is 18.2 Å². The smallest absolute Gasteiger partial charge is 0.346 e. The number of nitrogens with zero attached hydrogens (tertiary/aromatic N) is 2. The Morgan fingerprint density at radius 3 is 2.65 bits per heavy atom. The average Bonchev–Trinajstić information content (AvgIpc) is 2.27. The van der Waals surface area contributed by atoms with Gasteiger partial charge in [-0.25, -0.2) is 18.2 Å². The summed E-state index contributed by atoms with van der Waals surface area (Å²) >= 11 is 0. The number of methoxy groups -OCH3 is 1. The maximum atomic E-state index is 11.2. The minimum Gasteiger partial charge on any atom is -0.466 e. The molecule has 1 rings (SSSR count). The van der Waals surface area contributed by atoms with Gasteiger partial charge in [0.05, 0.1) is 7.11 Å². The maximum absolute atomic E-state index is 11.2. The zero-order chi connectivity index (χ0) is 13.1. The van der Waals surface area contributed by atoms with Gasteiger partial charge in [-0.2, -0.15) is 4.98 Å². The van der Waals surface area contributed by atoms with E-state index in [-0.39, 0.29) is 11.0 Å². The standard InChI is InChI=1S/C9H12N2O5S/c1-6(8(12)15-2)16-7-4-5-10-9(11-7)17(3,13)14/h4-6H,1-3H3. The molecule has 0 spiro atoms. The van der Waals surface area contributed by atoms with Crippen LogP contribution in [0.3, 0.4) is 0 Å². The molecule has 1 aromatic rings. The largest absolute Gasteiger partial charge is 0.466 e. The lowest BCUT2D eigenvalue weighted by molar-refractivity contribution is -0.148. The minimum atomic E-state index is -3.51. The molecule has 8 heteroatoms. The van der Waals surface area contributed by atoms with Gasteiger partial charge in [-0.1, -0.05) is 0 Å². The third-order valence-electron chi connectivity index (χ3n) is 1.77. The van der Waals surface area contributed by atoms with E-state index in [2.05, 4.69) is 14.7 Å². The van der Waals surface area contributed by atoms with Gasteiger partial charge in [-0.15, -0.1) is 0 Å². The lowest BCUT2D eigenvalue weighted by Crippen LogP contribution is -2.25. The Bertz CT molecular complexity index is 514. The first-order valence-electron chi connectivity index (χ1n) is 4.62. The minimum absolute atomic E-state index is 0.00155. The van der Waals surface area contributed by atoms with Gasteiger partial charge in [0.1, 0.15) is 0 Å². The molecule has 0 N–H and O–H groups in total. The van der Waals surface area contributed by atoms with E-state index < -0.39 is 21.9 Å². The monoisotopic (exact) mass is 260 g/mol. The number of carbonyl (C=O) groups is 1. The van der Waals surface area contributed by atoms with Crippen LogP contribution in [0.1, 0.15) is 6.92 Å². The van der Waals surface area contributed by atoms with Gasteiger partial charge < -0.3 is 9.47 Å². The number of esters is 1. The van der Waals surface area contributed by atoms with E-state index in [1.165, 1.54) is 26.3 Å². The van der Waals surface area contributed by atoms with Crippen LogP contribution in [0.2, 0.25) is 0 Å². The van der Waals surface area contributed by atoms with Crippen molar-refractivity contribution in [2.24, 2.45) is 0 Å². The van der Waals surface area contributed by atoms with Crippen LogP contribution in [-0.4, -0.2) is 43.8 Å². The van der Waals surface area contributed by atoms with Gasteiger partial charge in [-0.3, -0.25) is 0 Å². The highest BCUT2D eigenvalue weighted by Crippen LogP contribution is 2.11. The van der Waals surface area contributed by atoms with E-state index in [0.717, 1.165) is 6.26 Å². The summed E-state index contributed by atoms with van der Waals surface area (Å²) in [5, 5.41) is -0.355. The van der Waals surface area contributed by atoms with Gasteiger partial charge in [0.15, 0.2) is 6.10 Å². The summed E-state index contributed by atoms with van der Waals surface area (Å²) in [4.78, 5) is 18.3. The van der Waals surface area contributed by atoms with Crippen molar-refractivity contribution in [3.05, 3.63) is 12.3 Å². The summed E-state index contributed by atoms with van der Waals surface area (Å²) in [6.07, 6.45) is 1.35. The highest BCUT2D eigenvalue weighted by atomic mass is 32.2. The summed E-state index contributed by atoms with van der Waals surface area (Å²) in [5.41, 5.74) is 0. The number of sulfone groups is 1. The van der Waals surface area contributed by atoms with Crippen molar-refractivity contribution in [2.75, 3.05) is 13.4 Å². The van der Waals surface area contributed by atoms with E-state index in [1.807, 2.05) is 0 Å². The third-order valence-corrected chi connectivity index (χ3v) is 2.63. The van der Waals surface area contributed by atoms with Crippen molar-refractivity contribution < 1.29 is 22.7 Å². The highest BCUT2D eigenvalue weighted by molar-refractivity contribution is 7.90. The molecule has 1 heterocycles. The predicted molar refractivity (Wildman–Crippen MR) is 57.2 cm³/mol. The number of hydrogen-bond acceptors (Lipinski definition) is 7. The van der Waals surface area contributed by atoms with Crippen LogP contribution in [0.4, 0.5) is 0 Å². The number of hydrogen-bond donors (Lipinski definition) is 0. The third kappa shape index (κ3) is 3.66. The normalized spacial score (nSPS) is 12.9. The Morgan fingerprint density at radius 2 is 2.12 bits per heavy atom. The van der Waals surface area contributed by atoms with Gasteiger partial charge in [0.2, 0.25) is 20.9 Å². The highest BCUT2D eigenvalue weighted by Gasteiger charge is 2.17. The lowest BCUT2D eigenvalue weighted by atomic mass is 10.4. The van der Waals surface area contributed by atoms with Gasteiger partial charge >= 0.3 is 5.97 Å². The fourth-order valence-corrected chi connectivity index (χ4v) is 1.47. The fraction of sp³-hybridized carbons (Fsp3) is 0.444. The van der Waals surface area contributed by atoms with Crippen molar-refractivity contribution in [3.63, 3.8) is 0 Å². The van der Waals surface area contributed by atoms with Crippen LogP contribution in [0.5, 0.6) is 5.88 Å². The maximum Gasteiger partial charge on any atom is 0.346 e. The van der Waals surface area contributed by atoms with E-state index in [9.17, 15) is 13.2 Å². The molecule has 0 aliphatic carbocycles. The second kappa shape index (κ2) is 5.09. The number of aromatic nitrogens is 2. The quantitative estimate of drug-likeness (QED) is 0.547. The molecular formula is C9H12N2O5S. The number of carbonyl (C=O) groups excluding carboxylic acids is 1. The molecule has 0 radical (unpaired) electrons. The molecule has 1 unspecified atom stereocenters. The number of rotatable bonds is 4. The Morgan fingerprint density at radius 1 is 1.47 bits per heavy atom. The summed E-state index contributed by atoms with van der Waals surface area (Å²) in [6.45, 7) is 1.47. The molecule has 94 valence electrons. The van der Waals surface area contributed by atoms with E-state index in [0.29, 0.717) is 0 Å². The zero-order valence-electron chi connectivity index (χ0n) is 9.58. The van der Waals surface area contributed by atoms with Gasteiger partial charge in [0.25, 0.3) is 0 Å². The molecule has 0 amide bonds. The predicted octanol–water partition coefficient (Wildman–Crippen LogP) is -0.180. The van der Waals surface area contributed by atoms with Crippen molar-refractivity contribution in [3.8, 4) is 5.88 Å². The molecule has 1 aromatic heterocycles. The average molecular weight is 260 g/mol. The summed E-state index contributed by atoms with van der Waals surface area (Å²) in [7, 11) is -2.28. The molecule has 0 saturated carbocycles. The Balaban J connectivity index is 2.90. The summed E-state index contributed by atoms with van der Waals surface area (Å²) in [5.74, 6) is -0.581. The Kier molecular flexibility index (Phi) is 4.00.